The fourth-order valence-corrected chi connectivity index (χ4v) is 3.80. The first-order valence-corrected chi connectivity index (χ1v) is 9.04. The second-order valence-electron chi connectivity index (χ2n) is 6.19. The molecule has 0 radical (unpaired) electrons. The normalized spacial score (nSPS) is 10.6. The lowest BCUT2D eigenvalue weighted by Crippen LogP contribution is -2.15. The van der Waals surface area contributed by atoms with Gasteiger partial charge >= 0.3 is 0 Å². The van der Waals surface area contributed by atoms with E-state index < -0.39 is 5.91 Å². The Morgan fingerprint density at radius 1 is 0.920 bits per heavy atom. The second-order valence-corrected chi connectivity index (χ2v) is 6.98. The van der Waals surface area contributed by atoms with Gasteiger partial charge in [0.15, 0.2) is 0 Å². The molecule has 0 spiro atoms. The molecule has 0 heterocycles. The van der Waals surface area contributed by atoms with Gasteiger partial charge in [-0.3, -0.25) is 4.79 Å². The highest BCUT2D eigenvalue weighted by Gasteiger charge is 2.17. The quantitative estimate of drug-likeness (QED) is 0.648. The molecule has 3 heteroatoms. The van der Waals surface area contributed by atoms with Gasteiger partial charge in [0.05, 0.1) is 5.56 Å². The summed E-state index contributed by atoms with van der Waals surface area (Å²) < 4.78 is 0.804. The maximum Gasteiger partial charge on any atom is 0.249 e. The molecule has 0 atom stereocenters. The lowest BCUT2D eigenvalue weighted by molar-refractivity contribution is 0.0999. The van der Waals surface area contributed by atoms with Gasteiger partial charge in [0, 0.05) is 4.47 Å². The van der Waals surface area contributed by atoms with E-state index >= 15 is 0 Å². The van der Waals surface area contributed by atoms with Crippen molar-refractivity contribution in [2.45, 2.75) is 19.8 Å². The Hall–Kier alpha value is -2.39. The van der Waals surface area contributed by atoms with E-state index in [-0.39, 0.29) is 0 Å². The summed E-state index contributed by atoms with van der Waals surface area (Å²) in [5.74, 6) is -0.407. The van der Waals surface area contributed by atoms with Crippen molar-refractivity contribution in [1.82, 2.24) is 0 Å². The number of benzene rings is 3. The number of halogens is 1. The SMILES string of the molecule is Cc1c(Cc2ccccc2)cc(C(N)=O)c(Br)c1Cc1ccccc1. The number of nitrogens with two attached hydrogens (primary N) is 1. The first-order valence-electron chi connectivity index (χ1n) is 8.24. The van der Waals surface area contributed by atoms with Crippen LogP contribution in [0.4, 0.5) is 0 Å². The first kappa shape index (κ1) is 17.4. The molecule has 0 fully saturated rings. The van der Waals surface area contributed by atoms with Gasteiger partial charge < -0.3 is 5.73 Å². The highest BCUT2D eigenvalue weighted by molar-refractivity contribution is 9.10. The largest absolute Gasteiger partial charge is 0.366 e. The molecular weight excluding hydrogens is 374 g/mol. The molecule has 2 N–H and O–H groups in total. The van der Waals surface area contributed by atoms with Gasteiger partial charge in [0.2, 0.25) is 5.91 Å². The molecule has 0 unspecified atom stereocenters. The first-order chi connectivity index (χ1) is 12.1. The molecule has 0 aliphatic rings. The molecule has 0 aliphatic carbocycles. The number of hydrogen-bond donors (Lipinski definition) is 1. The molecule has 1 amide bonds. The van der Waals surface area contributed by atoms with Crippen molar-refractivity contribution in [1.29, 1.82) is 0 Å². The van der Waals surface area contributed by atoms with Crippen LogP contribution in [0, 0.1) is 6.92 Å². The molecule has 0 saturated carbocycles. The summed E-state index contributed by atoms with van der Waals surface area (Å²) in [7, 11) is 0. The minimum atomic E-state index is -0.407. The van der Waals surface area contributed by atoms with Crippen molar-refractivity contribution < 1.29 is 4.79 Å². The van der Waals surface area contributed by atoms with Gasteiger partial charge in [-0.25, -0.2) is 0 Å². The minimum Gasteiger partial charge on any atom is -0.366 e. The van der Waals surface area contributed by atoms with Crippen LogP contribution in [0.25, 0.3) is 0 Å². The number of carbonyl (C=O) groups is 1. The Labute approximate surface area is 156 Å². The summed E-state index contributed by atoms with van der Waals surface area (Å²) in [5, 5.41) is 0. The van der Waals surface area contributed by atoms with Crippen LogP contribution in [0.3, 0.4) is 0 Å². The third-order valence-corrected chi connectivity index (χ3v) is 5.39. The van der Waals surface area contributed by atoms with Crippen LogP contribution in [0.1, 0.15) is 38.2 Å². The van der Waals surface area contributed by atoms with E-state index in [1.165, 1.54) is 16.7 Å². The topological polar surface area (TPSA) is 43.1 Å². The van der Waals surface area contributed by atoms with Gasteiger partial charge in [-0.2, -0.15) is 0 Å². The molecule has 126 valence electrons. The van der Waals surface area contributed by atoms with Gasteiger partial charge in [0.25, 0.3) is 0 Å². The zero-order chi connectivity index (χ0) is 17.8. The van der Waals surface area contributed by atoms with E-state index in [1.807, 2.05) is 42.5 Å². The van der Waals surface area contributed by atoms with Crippen molar-refractivity contribution in [2.75, 3.05) is 0 Å². The molecular formula is C22H20BrNO. The molecule has 0 bridgehead atoms. The third kappa shape index (κ3) is 3.99. The van der Waals surface area contributed by atoms with E-state index in [1.54, 1.807) is 0 Å². The van der Waals surface area contributed by atoms with Gasteiger partial charge in [-0.1, -0.05) is 60.7 Å². The summed E-state index contributed by atoms with van der Waals surface area (Å²) in [5.41, 5.74) is 12.0. The maximum atomic E-state index is 11.9. The monoisotopic (exact) mass is 393 g/mol. The van der Waals surface area contributed by atoms with Crippen LogP contribution >= 0.6 is 15.9 Å². The third-order valence-electron chi connectivity index (χ3n) is 4.48. The van der Waals surface area contributed by atoms with Crippen molar-refractivity contribution in [3.8, 4) is 0 Å². The standard InChI is InChI=1S/C22H20BrNO/c1-15-18(12-16-8-4-2-5-9-16)14-20(22(24)25)21(23)19(15)13-17-10-6-3-7-11-17/h2-11,14H,12-13H2,1H3,(H2,24,25). The predicted molar refractivity (Wildman–Crippen MR) is 106 cm³/mol. The lowest BCUT2D eigenvalue weighted by atomic mass is 9.91. The summed E-state index contributed by atoms with van der Waals surface area (Å²) in [6.45, 7) is 2.12. The number of primary amides is 1. The van der Waals surface area contributed by atoms with Crippen LogP contribution in [0.15, 0.2) is 71.2 Å². The highest BCUT2D eigenvalue weighted by atomic mass is 79.9. The van der Waals surface area contributed by atoms with E-state index in [2.05, 4.69) is 47.1 Å². The van der Waals surface area contributed by atoms with E-state index in [4.69, 9.17) is 5.73 Å². The Morgan fingerprint density at radius 3 is 1.96 bits per heavy atom. The maximum absolute atomic E-state index is 11.9. The number of hydrogen-bond acceptors (Lipinski definition) is 1. The van der Waals surface area contributed by atoms with Crippen LogP contribution in [0.2, 0.25) is 0 Å². The fourth-order valence-electron chi connectivity index (χ4n) is 3.06. The second kappa shape index (κ2) is 7.66. The zero-order valence-corrected chi connectivity index (χ0v) is 15.7. The molecule has 3 rings (SSSR count). The number of amides is 1. The Balaban J connectivity index is 2.08. The van der Waals surface area contributed by atoms with Crippen LogP contribution in [-0.4, -0.2) is 5.91 Å². The molecule has 3 aromatic rings. The van der Waals surface area contributed by atoms with Crippen molar-refractivity contribution in [2.24, 2.45) is 5.73 Å². The summed E-state index contributed by atoms with van der Waals surface area (Å²) in [6.07, 6.45) is 1.54. The molecule has 0 saturated heterocycles. The van der Waals surface area contributed by atoms with E-state index in [0.29, 0.717) is 5.56 Å². The average Bonchev–Trinajstić information content (AvgIpc) is 2.62. The lowest BCUT2D eigenvalue weighted by Gasteiger charge is -2.17. The molecule has 0 aliphatic heterocycles. The molecule has 0 aromatic heterocycles. The van der Waals surface area contributed by atoms with Crippen molar-refractivity contribution in [3.63, 3.8) is 0 Å². The Morgan fingerprint density at radius 2 is 1.44 bits per heavy atom. The number of rotatable bonds is 5. The fraction of sp³-hybridized carbons (Fsp3) is 0.136. The van der Waals surface area contributed by atoms with Crippen LogP contribution < -0.4 is 5.73 Å². The molecule has 2 nitrogen and oxygen atoms in total. The minimum absolute atomic E-state index is 0.407. The summed E-state index contributed by atoms with van der Waals surface area (Å²) in [4.78, 5) is 11.9. The predicted octanol–water partition coefficient (Wildman–Crippen LogP) is 5.04. The van der Waals surface area contributed by atoms with Crippen LogP contribution in [-0.2, 0) is 12.8 Å². The zero-order valence-electron chi connectivity index (χ0n) is 14.1. The molecule has 3 aromatic carbocycles. The highest BCUT2D eigenvalue weighted by Crippen LogP contribution is 2.31. The van der Waals surface area contributed by atoms with E-state index in [9.17, 15) is 4.79 Å². The van der Waals surface area contributed by atoms with Crippen LogP contribution in [0.5, 0.6) is 0 Å². The van der Waals surface area contributed by atoms with E-state index in [0.717, 1.165) is 28.4 Å². The van der Waals surface area contributed by atoms with Gasteiger partial charge in [-0.15, -0.1) is 0 Å². The Bertz CT molecular complexity index is 889. The summed E-state index contributed by atoms with van der Waals surface area (Å²) in [6, 6.07) is 22.4. The van der Waals surface area contributed by atoms with Gasteiger partial charge in [-0.05, 0) is 69.6 Å². The van der Waals surface area contributed by atoms with Crippen molar-refractivity contribution in [3.05, 3.63) is 105 Å². The Kier molecular flexibility index (Phi) is 5.34. The van der Waals surface area contributed by atoms with Crippen molar-refractivity contribution >= 4 is 21.8 Å². The molecule has 25 heavy (non-hydrogen) atoms. The number of carbonyl (C=O) groups excluding carboxylic acids is 1. The average molecular weight is 394 g/mol. The summed E-state index contributed by atoms with van der Waals surface area (Å²) >= 11 is 3.61. The van der Waals surface area contributed by atoms with Gasteiger partial charge in [0.1, 0.15) is 0 Å². The smallest absolute Gasteiger partial charge is 0.249 e.